The van der Waals surface area contributed by atoms with E-state index in [2.05, 4.69) is 194 Å². The van der Waals surface area contributed by atoms with Gasteiger partial charge in [-0.25, -0.2) is 4.98 Å². The lowest BCUT2D eigenvalue weighted by Gasteiger charge is -2.29. The zero-order valence-corrected chi connectivity index (χ0v) is 32.3. The van der Waals surface area contributed by atoms with E-state index in [1.165, 1.54) is 38.4 Å². The number of anilines is 6. The molecule has 58 heavy (non-hydrogen) atoms. The molecule has 0 aliphatic heterocycles. The van der Waals surface area contributed by atoms with Crippen molar-refractivity contribution in [3.63, 3.8) is 0 Å². The van der Waals surface area contributed by atoms with E-state index in [9.17, 15) is 0 Å². The highest BCUT2D eigenvalue weighted by atomic mass is 16.3. The van der Waals surface area contributed by atoms with Crippen molar-refractivity contribution in [2.24, 2.45) is 0 Å². The number of para-hydroxylation sites is 3. The van der Waals surface area contributed by atoms with E-state index in [1.807, 2.05) is 30.3 Å². The maximum Gasteiger partial charge on any atom is 0.227 e. The number of aromatic nitrogens is 1. The third-order valence-corrected chi connectivity index (χ3v) is 11.8. The lowest BCUT2D eigenvalue weighted by molar-refractivity contribution is 0.623. The van der Waals surface area contributed by atoms with Gasteiger partial charge < -0.3 is 14.2 Å². The topological polar surface area (TPSA) is 32.5 Å². The Bertz CT molecular complexity index is 3100. The van der Waals surface area contributed by atoms with Crippen LogP contribution in [0.5, 0.6) is 0 Å². The molecule has 10 aromatic rings. The minimum Gasteiger partial charge on any atom is -0.435 e. The molecule has 0 spiro atoms. The van der Waals surface area contributed by atoms with Crippen LogP contribution in [0.15, 0.2) is 205 Å². The Kier molecular flexibility index (Phi) is 7.80. The lowest BCUT2D eigenvalue weighted by atomic mass is 9.79. The number of rotatable bonds is 7. The van der Waals surface area contributed by atoms with Crippen LogP contribution in [0.2, 0.25) is 0 Å². The smallest absolute Gasteiger partial charge is 0.227 e. The third-order valence-electron chi connectivity index (χ3n) is 11.8. The lowest BCUT2D eigenvalue weighted by Crippen LogP contribution is -2.15. The van der Waals surface area contributed by atoms with Crippen LogP contribution in [0.3, 0.4) is 0 Å². The summed E-state index contributed by atoms with van der Waals surface area (Å²) in [6.07, 6.45) is 0. The number of benzene rings is 9. The molecule has 1 heterocycles. The Morgan fingerprint density at radius 3 is 1.62 bits per heavy atom. The Balaban J connectivity index is 1.02. The van der Waals surface area contributed by atoms with Gasteiger partial charge in [0, 0.05) is 50.5 Å². The predicted molar refractivity (Wildman–Crippen MR) is 241 cm³/mol. The van der Waals surface area contributed by atoms with Crippen molar-refractivity contribution in [1.29, 1.82) is 0 Å². The monoisotopic (exact) mass is 745 g/mol. The van der Waals surface area contributed by atoms with Crippen LogP contribution in [0, 0.1) is 0 Å². The van der Waals surface area contributed by atoms with Crippen LogP contribution in [0.25, 0.3) is 55.2 Å². The molecule has 276 valence electrons. The summed E-state index contributed by atoms with van der Waals surface area (Å²) in [5, 5.41) is 4.73. The van der Waals surface area contributed by atoms with Crippen LogP contribution in [-0.4, -0.2) is 4.98 Å². The van der Waals surface area contributed by atoms with Crippen molar-refractivity contribution >= 4 is 66.8 Å². The van der Waals surface area contributed by atoms with Gasteiger partial charge in [-0.15, -0.1) is 0 Å². The minimum absolute atomic E-state index is 0.240. The summed E-state index contributed by atoms with van der Waals surface area (Å²) >= 11 is 0. The fourth-order valence-electron chi connectivity index (χ4n) is 9.09. The van der Waals surface area contributed by atoms with E-state index in [1.54, 1.807) is 0 Å². The van der Waals surface area contributed by atoms with Crippen LogP contribution in [0.4, 0.5) is 34.1 Å². The summed E-state index contributed by atoms with van der Waals surface area (Å²) < 4.78 is 6.49. The van der Waals surface area contributed by atoms with Crippen LogP contribution in [0.1, 0.15) is 25.0 Å². The molecule has 0 atom stereocenters. The zero-order valence-electron chi connectivity index (χ0n) is 32.3. The highest BCUT2D eigenvalue weighted by molar-refractivity contribution is 6.09. The van der Waals surface area contributed by atoms with E-state index in [0.29, 0.717) is 5.89 Å². The van der Waals surface area contributed by atoms with Gasteiger partial charge in [-0.2, -0.15) is 0 Å². The Morgan fingerprint density at radius 2 is 0.983 bits per heavy atom. The second-order valence-electron chi connectivity index (χ2n) is 15.6. The number of oxazole rings is 1. The first kappa shape index (κ1) is 33.9. The first-order valence-corrected chi connectivity index (χ1v) is 19.9. The molecule has 9 aromatic carbocycles. The second kappa shape index (κ2) is 13.4. The number of nitrogens with zero attached hydrogens (tertiary/aromatic N) is 3. The van der Waals surface area contributed by atoms with Gasteiger partial charge in [0.25, 0.3) is 0 Å². The van der Waals surface area contributed by atoms with E-state index >= 15 is 0 Å². The van der Waals surface area contributed by atoms with E-state index in [0.717, 1.165) is 56.2 Å². The zero-order chi connectivity index (χ0) is 38.8. The third kappa shape index (κ3) is 5.48. The molecule has 0 fully saturated rings. The van der Waals surface area contributed by atoms with Crippen molar-refractivity contribution < 1.29 is 4.42 Å². The highest BCUT2D eigenvalue weighted by Crippen LogP contribution is 2.53. The summed E-state index contributed by atoms with van der Waals surface area (Å²) in [5.41, 5.74) is 14.3. The van der Waals surface area contributed by atoms with Crippen molar-refractivity contribution in [2.45, 2.75) is 19.3 Å². The molecule has 4 heteroatoms. The SMILES string of the molecule is CC1(C)c2cc3cc(N(c4ccccc4)c4cccc(N(c5ccccc5)c5ccccc5)c4)ccc3cc2-c2ccc3c(ccc4nc(-c5ccccc5)oc43)c21. The predicted octanol–water partition coefficient (Wildman–Crippen LogP) is 15.0. The summed E-state index contributed by atoms with van der Waals surface area (Å²) in [7, 11) is 0. The number of fused-ring (bicyclic) bond motifs is 8. The Hall–Kier alpha value is -7.43. The van der Waals surface area contributed by atoms with E-state index in [4.69, 9.17) is 9.40 Å². The Labute approximate surface area is 337 Å². The summed E-state index contributed by atoms with van der Waals surface area (Å²) in [6, 6.07) is 71.4. The maximum atomic E-state index is 6.49. The molecular formula is C54H39N3O. The van der Waals surface area contributed by atoms with Gasteiger partial charge in [-0.05, 0) is 142 Å². The van der Waals surface area contributed by atoms with Crippen molar-refractivity contribution in [3.05, 3.63) is 211 Å². The van der Waals surface area contributed by atoms with Gasteiger partial charge in [-0.3, -0.25) is 0 Å². The van der Waals surface area contributed by atoms with Crippen molar-refractivity contribution in [3.8, 4) is 22.6 Å². The second-order valence-corrected chi connectivity index (χ2v) is 15.6. The quantitative estimate of drug-likeness (QED) is 0.163. The normalized spacial score (nSPS) is 12.8. The summed E-state index contributed by atoms with van der Waals surface area (Å²) in [5.74, 6) is 0.647. The average Bonchev–Trinajstić information content (AvgIpc) is 3.81. The molecule has 1 aliphatic rings. The molecule has 0 amide bonds. The summed E-state index contributed by atoms with van der Waals surface area (Å²) in [4.78, 5) is 9.55. The fourth-order valence-corrected chi connectivity index (χ4v) is 9.09. The number of hydrogen-bond acceptors (Lipinski definition) is 4. The molecule has 0 saturated heterocycles. The molecule has 0 unspecified atom stereocenters. The number of hydrogen-bond donors (Lipinski definition) is 0. The molecular weight excluding hydrogens is 707 g/mol. The highest BCUT2D eigenvalue weighted by Gasteiger charge is 2.37. The van der Waals surface area contributed by atoms with E-state index in [-0.39, 0.29) is 5.41 Å². The van der Waals surface area contributed by atoms with Crippen LogP contribution < -0.4 is 9.80 Å². The van der Waals surface area contributed by atoms with E-state index < -0.39 is 0 Å². The van der Waals surface area contributed by atoms with Gasteiger partial charge in [0.05, 0.1) is 0 Å². The van der Waals surface area contributed by atoms with Gasteiger partial charge in [0.1, 0.15) is 5.52 Å². The van der Waals surface area contributed by atoms with Crippen molar-refractivity contribution in [1.82, 2.24) is 4.98 Å². The van der Waals surface area contributed by atoms with Gasteiger partial charge in [0.2, 0.25) is 5.89 Å². The molecule has 0 radical (unpaired) electrons. The average molecular weight is 746 g/mol. The minimum atomic E-state index is -0.240. The molecule has 1 aliphatic carbocycles. The van der Waals surface area contributed by atoms with Gasteiger partial charge in [0.15, 0.2) is 5.58 Å². The summed E-state index contributed by atoms with van der Waals surface area (Å²) in [6.45, 7) is 4.72. The molecule has 1 aromatic heterocycles. The molecule has 4 nitrogen and oxygen atoms in total. The molecule has 0 bridgehead atoms. The molecule has 0 saturated carbocycles. The molecule has 0 N–H and O–H groups in total. The first-order chi connectivity index (χ1) is 28.5. The van der Waals surface area contributed by atoms with Crippen LogP contribution >= 0.6 is 0 Å². The molecule has 11 rings (SSSR count). The van der Waals surface area contributed by atoms with Gasteiger partial charge in [-0.1, -0.05) is 111 Å². The van der Waals surface area contributed by atoms with Crippen LogP contribution in [-0.2, 0) is 5.41 Å². The largest absolute Gasteiger partial charge is 0.435 e. The van der Waals surface area contributed by atoms with Gasteiger partial charge >= 0.3 is 0 Å². The maximum absolute atomic E-state index is 6.49. The standard InChI is InChI=1S/C54H39N3O/c1-54(2)49-34-38-32-44(57(41-22-13-6-14-23-41)43-25-15-24-42(35-43)56(39-18-9-4-10-19-39)40-20-11-5-12-21-40)27-26-37(38)33-48(49)46-28-29-47-45(51(46)54)30-31-50-52(47)58-53(55-50)36-16-7-3-8-17-36/h3-35H,1-2H3. The fraction of sp³-hybridized carbons (Fsp3) is 0.0556. The Morgan fingerprint density at radius 1 is 0.431 bits per heavy atom. The van der Waals surface area contributed by atoms with Crippen molar-refractivity contribution in [2.75, 3.05) is 9.80 Å². The first-order valence-electron chi connectivity index (χ1n) is 19.9.